The highest BCUT2D eigenvalue weighted by Gasteiger charge is 2.25. The Bertz CT molecular complexity index is 1280. The van der Waals surface area contributed by atoms with Crippen LogP contribution in [-0.4, -0.2) is 23.5 Å². The molecule has 9 heteroatoms. The number of hydrogen-bond acceptors (Lipinski definition) is 5. The monoisotopic (exact) mass is 394 g/mol. The number of para-hydroxylation sites is 1. The van der Waals surface area contributed by atoms with Gasteiger partial charge in [0.2, 0.25) is 0 Å². The molecule has 140 valence electrons. The van der Waals surface area contributed by atoms with Gasteiger partial charge in [0.25, 0.3) is 15.7 Å². The SMILES string of the molecule is O=[N+]([O-])c1ccccc1S(=O)(=O)Nc1ccc2[nH]nc(-c3ccccc3)c2c1. The van der Waals surface area contributed by atoms with Gasteiger partial charge in [0.15, 0.2) is 4.90 Å². The van der Waals surface area contributed by atoms with E-state index in [4.69, 9.17) is 0 Å². The zero-order valence-corrected chi connectivity index (χ0v) is 15.2. The Kier molecular flexibility index (Phi) is 4.28. The molecule has 28 heavy (non-hydrogen) atoms. The van der Waals surface area contributed by atoms with Crippen molar-refractivity contribution in [1.29, 1.82) is 0 Å². The maximum Gasteiger partial charge on any atom is 0.289 e. The first-order valence-electron chi connectivity index (χ1n) is 8.25. The summed E-state index contributed by atoms with van der Waals surface area (Å²) in [6, 6.07) is 19.6. The van der Waals surface area contributed by atoms with Gasteiger partial charge in [-0.3, -0.25) is 19.9 Å². The highest BCUT2D eigenvalue weighted by molar-refractivity contribution is 7.92. The second-order valence-electron chi connectivity index (χ2n) is 6.03. The topological polar surface area (TPSA) is 118 Å². The summed E-state index contributed by atoms with van der Waals surface area (Å²) >= 11 is 0. The third kappa shape index (κ3) is 3.19. The lowest BCUT2D eigenvalue weighted by Crippen LogP contribution is -2.14. The van der Waals surface area contributed by atoms with Gasteiger partial charge in [0.1, 0.15) is 0 Å². The number of aromatic amines is 1. The molecule has 1 aromatic heterocycles. The van der Waals surface area contributed by atoms with Gasteiger partial charge in [-0.2, -0.15) is 5.10 Å². The lowest BCUT2D eigenvalue weighted by Gasteiger charge is -2.09. The third-order valence-corrected chi connectivity index (χ3v) is 5.64. The Labute approximate surface area is 160 Å². The first-order chi connectivity index (χ1) is 13.5. The molecule has 4 rings (SSSR count). The molecular weight excluding hydrogens is 380 g/mol. The summed E-state index contributed by atoms with van der Waals surface area (Å²) in [6.07, 6.45) is 0. The smallest absolute Gasteiger partial charge is 0.279 e. The number of fused-ring (bicyclic) bond motifs is 1. The molecule has 0 saturated carbocycles. The van der Waals surface area contributed by atoms with Crippen molar-refractivity contribution in [3.63, 3.8) is 0 Å². The number of nitrogens with zero attached hydrogens (tertiary/aromatic N) is 2. The molecule has 0 unspecified atom stereocenters. The van der Waals surface area contributed by atoms with Gasteiger partial charge in [-0.25, -0.2) is 8.42 Å². The first-order valence-corrected chi connectivity index (χ1v) is 9.74. The lowest BCUT2D eigenvalue weighted by atomic mass is 10.1. The van der Waals surface area contributed by atoms with E-state index in [1.54, 1.807) is 18.2 Å². The lowest BCUT2D eigenvalue weighted by molar-refractivity contribution is -0.387. The number of hydrogen-bond donors (Lipinski definition) is 2. The first kappa shape index (κ1) is 17.7. The normalized spacial score (nSPS) is 11.4. The predicted molar refractivity (Wildman–Crippen MR) is 105 cm³/mol. The van der Waals surface area contributed by atoms with Crippen molar-refractivity contribution >= 4 is 32.3 Å². The molecule has 0 spiro atoms. The second-order valence-corrected chi connectivity index (χ2v) is 7.68. The Balaban J connectivity index is 1.76. The fourth-order valence-corrected chi connectivity index (χ4v) is 4.16. The van der Waals surface area contributed by atoms with E-state index in [2.05, 4.69) is 14.9 Å². The highest BCUT2D eigenvalue weighted by Crippen LogP contribution is 2.30. The number of aromatic nitrogens is 2. The Morgan fingerprint density at radius 3 is 2.43 bits per heavy atom. The Hall–Kier alpha value is -3.72. The molecule has 3 aromatic carbocycles. The van der Waals surface area contributed by atoms with E-state index in [-0.39, 0.29) is 5.69 Å². The zero-order valence-electron chi connectivity index (χ0n) is 14.4. The van der Waals surface area contributed by atoms with Crippen LogP contribution in [0, 0.1) is 10.1 Å². The molecule has 0 bridgehead atoms. The minimum Gasteiger partial charge on any atom is -0.279 e. The molecule has 0 aliphatic heterocycles. The van der Waals surface area contributed by atoms with Gasteiger partial charge < -0.3 is 0 Å². The van der Waals surface area contributed by atoms with Crippen LogP contribution in [0.25, 0.3) is 22.2 Å². The van der Waals surface area contributed by atoms with Crippen molar-refractivity contribution in [3.05, 3.63) is 82.9 Å². The molecule has 0 amide bonds. The van der Waals surface area contributed by atoms with Gasteiger partial charge in [-0.05, 0) is 24.3 Å². The van der Waals surface area contributed by atoms with Crippen molar-refractivity contribution in [2.75, 3.05) is 4.72 Å². The van der Waals surface area contributed by atoms with E-state index in [1.807, 2.05) is 30.3 Å². The maximum absolute atomic E-state index is 12.7. The molecule has 0 saturated heterocycles. The van der Waals surface area contributed by atoms with Crippen LogP contribution in [0.2, 0.25) is 0 Å². The fourth-order valence-electron chi connectivity index (χ4n) is 2.94. The number of H-pyrrole nitrogens is 1. The van der Waals surface area contributed by atoms with E-state index >= 15 is 0 Å². The number of anilines is 1. The molecule has 8 nitrogen and oxygen atoms in total. The van der Waals surface area contributed by atoms with Gasteiger partial charge >= 0.3 is 0 Å². The summed E-state index contributed by atoms with van der Waals surface area (Å²) in [5.41, 5.74) is 2.11. The number of nitro benzene ring substituents is 1. The van der Waals surface area contributed by atoms with Crippen molar-refractivity contribution < 1.29 is 13.3 Å². The van der Waals surface area contributed by atoms with Crippen LogP contribution >= 0.6 is 0 Å². The Morgan fingerprint density at radius 2 is 1.68 bits per heavy atom. The highest BCUT2D eigenvalue weighted by atomic mass is 32.2. The predicted octanol–water partition coefficient (Wildman–Crippen LogP) is 3.94. The largest absolute Gasteiger partial charge is 0.289 e. The minimum atomic E-state index is -4.14. The van der Waals surface area contributed by atoms with Crippen LogP contribution in [0.3, 0.4) is 0 Å². The number of nitro groups is 1. The van der Waals surface area contributed by atoms with Gasteiger partial charge in [-0.15, -0.1) is 0 Å². The van der Waals surface area contributed by atoms with Crippen LogP contribution in [0.5, 0.6) is 0 Å². The van der Waals surface area contributed by atoms with Crippen molar-refractivity contribution in [1.82, 2.24) is 10.2 Å². The number of rotatable bonds is 5. The summed E-state index contributed by atoms with van der Waals surface area (Å²) < 4.78 is 27.9. The van der Waals surface area contributed by atoms with E-state index in [0.29, 0.717) is 5.69 Å². The molecule has 0 aliphatic rings. The average Bonchev–Trinajstić information content (AvgIpc) is 3.11. The molecule has 0 radical (unpaired) electrons. The summed E-state index contributed by atoms with van der Waals surface area (Å²) in [4.78, 5) is 10.0. The second kappa shape index (κ2) is 6.78. The summed E-state index contributed by atoms with van der Waals surface area (Å²) in [5.74, 6) is 0. The summed E-state index contributed by atoms with van der Waals surface area (Å²) in [7, 11) is -4.14. The summed E-state index contributed by atoms with van der Waals surface area (Å²) in [6.45, 7) is 0. The van der Waals surface area contributed by atoms with Crippen LogP contribution in [0.4, 0.5) is 11.4 Å². The van der Waals surface area contributed by atoms with Crippen LogP contribution in [0.1, 0.15) is 0 Å². The Morgan fingerprint density at radius 1 is 0.964 bits per heavy atom. The molecule has 0 aliphatic carbocycles. The van der Waals surface area contributed by atoms with Crippen LogP contribution in [-0.2, 0) is 10.0 Å². The third-order valence-electron chi connectivity index (χ3n) is 4.21. The molecule has 1 heterocycles. The van der Waals surface area contributed by atoms with Crippen molar-refractivity contribution in [3.8, 4) is 11.3 Å². The van der Waals surface area contributed by atoms with E-state index in [1.165, 1.54) is 18.2 Å². The standard InChI is InChI=1S/C19H14N4O4S/c24-23(25)17-8-4-5-9-18(17)28(26,27)22-14-10-11-16-15(12-14)19(21-20-16)13-6-2-1-3-7-13/h1-12,22H,(H,20,21). The van der Waals surface area contributed by atoms with Gasteiger partial charge in [0, 0.05) is 22.7 Å². The van der Waals surface area contributed by atoms with Crippen LogP contribution < -0.4 is 4.72 Å². The number of nitrogens with one attached hydrogen (secondary N) is 2. The minimum absolute atomic E-state index is 0.282. The fraction of sp³-hybridized carbons (Fsp3) is 0. The van der Waals surface area contributed by atoms with Gasteiger partial charge in [0.05, 0.1) is 16.1 Å². The van der Waals surface area contributed by atoms with Crippen LogP contribution in [0.15, 0.2) is 77.7 Å². The number of benzene rings is 3. The molecule has 2 N–H and O–H groups in total. The average molecular weight is 394 g/mol. The summed E-state index contributed by atoms with van der Waals surface area (Å²) in [5, 5.41) is 19.1. The van der Waals surface area contributed by atoms with E-state index in [9.17, 15) is 18.5 Å². The van der Waals surface area contributed by atoms with E-state index in [0.717, 1.165) is 22.5 Å². The van der Waals surface area contributed by atoms with Crippen molar-refractivity contribution in [2.45, 2.75) is 4.90 Å². The molecule has 0 fully saturated rings. The van der Waals surface area contributed by atoms with E-state index < -0.39 is 25.5 Å². The molecule has 0 atom stereocenters. The quantitative estimate of drug-likeness (QED) is 0.393. The maximum atomic E-state index is 12.7. The van der Waals surface area contributed by atoms with Crippen molar-refractivity contribution in [2.24, 2.45) is 0 Å². The van der Waals surface area contributed by atoms with Gasteiger partial charge in [-0.1, -0.05) is 42.5 Å². The molecule has 4 aromatic rings. The molecular formula is C19H14N4O4S. The number of sulfonamides is 1. The zero-order chi connectivity index (χ0) is 19.7.